The van der Waals surface area contributed by atoms with E-state index in [1.807, 2.05) is 34.6 Å². The topological polar surface area (TPSA) is 32.7 Å². The van der Waals surface area contributed by atoms with Crippen LogP contribution >= 0.6 is 15.9 Å². The first-order chi connectivity index (χ1) is 6.25. The molecule has 80 valence electrons. The summed E-state index contributed by atoms with van der Waals surface area (Å²) in [6, 6.07) is 0. The van der Waals surface area contributed by atoms with Crippen molar-refractivity contribution in [2.24, 2.45) is 11.0 Å². The Balaban J connectivity index is 2.98. The lowest BCUT2D eigenvalue weighted by molar-refractivity contribution is -0.132. The minimum Gasteiger partial charge on any atom is -0.271 e. The molecule has 1 aliphatic rings. The van der Waals surface area contributed by atoms with Crippen LogP contribution in [0.2, 0.25) is 0 Å². The number of amides is 1. The SMILES string of the molecule is CC(C)C1=NN(C(C)(C)C)C(=O)C1Br. The molecular weight excluding hydrogens is 244 g/mol. The van der Waals surface area contributed by atoms with Gasteiger partial charge in [0.2, 0.25) is 0 Å². The largest absolute Gasteiger partial charge is 0.271 e. The van der Waals surface area contributed by atoms with Crippen LogP contribution in [0.5, 0.6) is 0 Å². The zero-order valence-electron chi connectivity index (χ0n) is 9.34. The second kappa shape index (κ2) is 3.65. The molecule has 14 heavy (non-hydrogen) atoms. The number of halogens is 1. The van der Waals surface area contributed by atoms with E-state index in [4.69, 9.17) is 0 Å². The number of carbonyl (C=O) groups excluding carboxylic acids is 1. The van der Waals surface area contributed by atoms with Crippen LogP contribution in [0.3, 0.4) is 0 Å². The van der Waals surface area contributed by atoms with Crippen LogP contribution in [0, 0.1) is 5.92 Å². The number of hydrazone groups is 1. The fourth-order valence-corrected chi connectivity index (χ4v) is 2.15. The summed E-state index contributed by atoms with van der Waals surface area (Å²) in [5.41, 5.74) is 0.685. The van der Waals surface area contributed by atoms with Gasteiger partial charge < -0.3 is 0 Å². The Kier molecular flexibility index (Phi) is 3.04. The summed E-state index contributed by atoms with van der Waals surface area (Å²) in [5.74, 6) is 0.344. The van der Waals surface area contributed by atoms with Crippen molar-refractivity contribution in [2.75, 3.05) is 0 Å². The first-order valence-electron chi connectivity index (χ1n) is 4.81. The zero-order chi connectivity index (χ0) is 11.1. The zero-order valence-corrected chi connectivity index (χ0v) is 10.9. The van der Waals surface area contributed by atoms with Gasteiger partial charge in [-0.3, -0.25) is 4.79 Å². The van der Waals surface area contributed by atoms with Crippen LogP contribution in [0.4, 0.5) is 0 Å². The molecule has 0 N–H and O–H groups in total. The Bertz CT molecular complexity index is 278. The second-order valence-corrected chi connectivity index (χ2v) is 5.78. The van der Waals surface area contributed by atoms with E-state index in [0.29, 0.717) is 5.92 Å². The molecule has 0 fully saturated rings. The van der Waals surface area contributed by atoms with Crippen molar-refractivity contribution in [3.63, 3.8) is 0 Å². The maximum Gasteiger partial charge on any atom is 0.262 e. The Morgan fingerprint density at radius 3 is 2.14 bits per heavy atom. The standard InChI is InChI=1S/C10H17BrN2O/c1-6(2)8-7(11)9(14)13(12-8)10(3,4)5/h6-7H,1-5H3. The summed E-state index contributed by atoms with van der Waals surface area (Å²) >= 11 is 3.38. The Labute approximate surface area is 93.7 Å². The summed E-state index contributed by atoms with van der Waals surface area (Å²) in [6.45, 7) is 10.0. The van der Waals surface area contributed by atoms with Gasteiger partial charge in [-0.05, 0) is 26.7 Å². The van der Waals surface area contributed by atoms with Crippen LogP contribution < -0.4 is 0 Å². The number of nitrogens with zero attached hydrogens (tertiary/aromatic N) is 2. The molecule has 0 aromatic heterocycles. The lowest BCUT2D eigenvalue weighted by atomic mass is 10.1. The summed E-state index contributed by atoms with van der Waals surface area (Å²) in [7, 11) is 0. The third-order valence-corrected chi connectivity index (χ3v) is 2.99. The van der Waals surface area contributed by atoms with Crippen molar-refractivity contribution >= 4 is 27.5 Å². The van der Waals surface area contributed by atoms with E-state index in [1.165, 1.54) is 0 Å². The summed E-state index contributed by atoms with van der Waals surface area (Å²) in [4.78, 5) is 11.6. The molecule has 1 rings (SSSR count). The lowest BCUT2D eigenvalue weighted by Gasteiger charge is -2.27. The first-order valence-corrected chi connectivity index (χ1v) is 5.73. The van der Waals surface area contributed by atoms with E-state index in [9.17, 15) is 4.79 Å². The third kappa shape index (κ3) is 2.00. The molecule has 3 nitrogen and oxygen atoms in total. The Hall–Kier alpha value is -0.380. The van der Waals surface area contributed by atoms with Gasteiger partial charge in [-0.2, -0.15) is 5.10 Å². The van der Waals surface area contributed by atoms with Crippen LogP contribution in [0.25, 0.3) is 0 Å². The van der Waals surface area contributed by atoms with Crippen LogP contribution in [0.15, 0.2) is 5.10 Å². The van der Waals surface area contributed by atoms with Gasteiger partial charge in [-0.1, -0.05) is 29.8 Å². The van der Waals surface area contributed by atoms with E-state index in [-0.39, 0.29) is 16.3 Å². The van der Waals surface area contributed by atoms with Crippen LogP contribution in [0.1, 0.15) is 34.6 Å². The summed E-state index contributed by atoms with van der Waals surface area (Å²) < 4.78 is 0. The van der Waals surface area contributed by atoms with Gasteiger partial charge in [0.05, 0.1) is 11.3 Å². The lowest BCUT2D eigenvalue weighted by Crippen LogP contribution is -2.41. The highest BCUT2D eigenvalue weighted by Crippen LogP contribution is 2.27. The number of alkyl halides is 1. The fraction of sp³-hybridized carbons (Fsp3) is 0.800. The van der Waals surface area contributed by atoms with E-state index < -0.39 is 0 Å². The van der Waals surface area contributed by atoms with E-state index in [1.54, 1.807) is 5.01 Å². The highest BCUT2D eigenvalue weighted by atomic mass is 79.9. The van der Waals surface area contributed by atoms with Gasteiger partial charge in [0, 0.05) is 0 Å². The maximum atomic E-state index is 11.8. The minimum absolute atomic E-state index is 0.0428. The Morgan fingerprint density at radius 2 is 1.93 bits per heavy atom. The molecule has 0 aromatic carbocycles. The van der Waals surface area contributed by atoms with Crippen molar-refractivity contribution in [1.29, 1.82) is 0 Å². The molecular formula is C10H17BrN2O. The second-order valence-electron chi connectivity index (χ2n) is 4.86. The monoisotopic (exact) mass is 260 g/mol. The molecule has 0 spiro atoms. The molecule has 0 aromatic rings. The number of rotatable bonds is 1. The van der Waals surface area contributed by atoms with Crippen LogP contribution in [-0.2, 0) is 4.79 Å². The molecule has 1 atom stereocenters. The van der Waals surface area contributed by atoms with Crippen molar-refractivity contribution in [1.82, 2.24) is 5.01 Å². The third-order valence-electron chi connectivity index (χ3n) is 2.13. The fourth-order valence-electron chi connectivity index (χ4n) is 1.34. The van der Waals surface area contributed by atoms with Gasteiger partial charge in [0.1, 0.15) is 4.83 Å². The average Bonchev–Trinajstić information content (AvgIpc) is 2.28. The van der Waals surface area contributed by atoms with Gasteiger partial charge >= 0.3 is 0 Å². The quantitative estimate of drug-likeness (QED) is 0.667. The molecule has 1 amide bonds. The molecule has 0 saturated heterocycles. The number of hydrogen-bond acceptors (Lipinski definition) is 2. The molecule has 1 unspecified atom stereocenters. The van der Waals surface area contributed by atoms with Gasteiger partial charge in [-0.25, -0.2) is 5.01 Å². The summed E-state index contributed by atoms with van der Waals surface area (Å²) in [5, 5.41) is 5.95. The molecule has 0 aliphatic carbocycles. The molecule has 1 aliphatic heterocycles. The van der Waals surface area contributed by atoms with Crippen molar-refractivity contribution in [2.45, 2.75) is 45.0 Å². The number of hydrogen-bond donors (Lipinski definition) is 0. The number of carbonyl (C=O) groups is 1. The molecule has 1 heterocycles. The van der Waals surface area contributed by atoms with E-state index >= 15 is 0 Å². The smallest absolute Gasteiger partial charge is 0.262 e. The van der Waals surface area contributed by atoms with Gasteiger partial charge in [0.25, 0.3) is 5.91 Å². The minimum atomic E-state index is -0.236. The van der Waals surface area contributed by atoms with E-state index in [0.717, 1.165) is 5.71 Å². The van der Waals surface area contributed by atoms with Gasteiger partial charge in [0.15, 0.2) is 0 Å². The first kappa shape index (κ1) is 11.7. The van der Waals surface area contributed by atoms with Crippen molar-refractivity contribution in [3.8, 4) is 0 Å². The average molecular weight is 261 g/mol. The highest BCUT2D eigenvalue weighted by molar-refractivity contribution is 9.10. The summed E-state index contributed by atoms with van der Waals surface area (Å²) in [6.07, 6.45) is 0. The van der Waals surface area contributed by atoms with Gasteiger partial charge in [-0.15, -0.1) is 0 Å². The van der Waals surface area contributed by atoms with Crippen molar-refractivity contribution < 1.29 is 4.79 Å². The maximum absolute atomic E-state index is 11.8. The predicted molar refractivity (Wildman–Crippen MR) is 61.6 cm³/mol. The normalized spacial score (nSPS) is 23.4. The molecule has 0 saturated carbocycles. The molecule has 0 bridgehead atoms. The molecule has 0 radical (unpaired) electrons. The highest BCUT2D eigenvalue weighted by Gasteiger charge is 2.40. The molecule has 4 heteroatoms. The predicted octanol–water partition coefficient (Wildman–Crippen LogP) is 2.40. The van der Waals surface area contributed by atoms with Crippen molar-refractivity contribution in [3.05, 3.63) is 0 Å². The Morgan fingerprint density at radius 1 is 1.43 bits per heavy atom. The van der Waals surface area contributed by atoms with Crippen LogP contribution in [-0.4, -0.2) is 27.0 Å². The van der Waals surface area contributed by atoms with E-state index in [2.05, 4.69) is 21.0 Å².